The van der Waals surface area contributed by atoms with Crippen LogP contribution in [-0.4, -0.2) is 18.4 Å². The van der Waals surface area contributed by atoms with E-state index in [4.69, 9.17) is 23.2 Å². The van der Waals surface area contributed by atoms with Crippen LogP contribution < -0.4 is 10.6 Å². The molecule has 1 saturated carbocycles. The summed E-state index contributed by atoms with van der Waals surface area (Å²) in [5.74, 6) is -0.362. The molecule has 2 aliphatic carbocycles. The van der Waals surface area contributed by atoms with Gasteiger partial charge in [-0.3, -0.25) is 9.59 Å². The van der Waals surface area contributed by atoms with Gasteiger partial charge in [0.25, 0.3) is 5.91 Å². The minimum atomic E-state index is -0.198. The van der Waals surface area contributed by atoms with Gasteiger partial charge in [0, 0.05) is 11.4 Å². The van der Waals surface area contributed by atoms with E-state index < -0.39 is 0 Å². The Balaban J connectivity index is 1.86. The average molecular weight is 415 g/mol. The molecule has 1 fully saturated rings. The predicted molar refractivity (Wildman–Crippen MR) is 108 cm³/mol. The fourth-order valence-electron chi connectivity index (χ4n) is 3.96. The van der Waals surface area contributed by atoms with E-state index in [2.05, 4.69) is 10.6 Å². The molecule has 0 spiro atoms. The minimum absolute atomic E-state index is 0.00926. The van der Waals surface area contributed by atoms with Crippen molar-refractivity contribution >= 4 is 51.4 Å². The van der Waals surface area contributed by atoms with Crippen LogP contribution in [0.25, 0.3) is 0 Å². The van der Waals surface area contributed by atoms with Crippen LogP contribution in [0.5, 0.6) is 0 Å². The zero-order valence-corrected chi connectivity index (χ0v) is 17.6. The zero-order valence-electron chi connectivity index (χ0n) is 15.2. The number of anilines is 1. The fourth-order valence-corrected chi connectivity index (χ4v) is 5.52. The number of hydrogen-bond acceptors (Lipinski definition) is 3. The molecule has 2 aliphatic rings. The second kappa shape index (κ2) is 7.53. The maximum Gasteiger partial charge on any atom is 0.254 e. The van der Waals surface area contributed by atoms with Gasteiger partial charge < -0.3 is 10.6 Å². The van der Waals surface area contributed by atoms with Gasteiger partial charge in [-0.05, 0) is 55.6 Å². The molecule has 7 heteroatoms. The summed E-state index contributed by atoms with van der Waals surface area (Å²) in [5.41, 5.74) is 1.57. The Hall–Kier alpha value is -1.04. The summed E-state index contributed by atoms with van der Waals surface area (Å²) in [5, 5.41) is 6.59. The molecule has 0 unspecified atom stereocenters. The van der Waals surface area contributed by atoms with Gasteiger partial charge in [0.15, 0.2) is 0 Å². The largest absolute Gasteiger partial charge is 0.352 e. The molecular formula is C19H24Cl2N2O2S. The lowest BCUT2D eigenvalue weighted by atomic mass is 9.95. The van der Waals surface area contributed by atoms with Crippen LogP contribution in [0.15, 0.2) is 10.6 Å². The second-order valence-electron chi connectivity index (χ2n) is 7.54. The fraction of sp³-hybridized carbons (Fsp3) is 0.579. The first-order valence-electron chi connectivity index (χ1n) is 9.03. The van der Waals surface area contributed by atoms with E-state index in [9.17, 15) is 9.59 Å². The first-order valence-corrected chi connectivity index (χ1v) is 10.6. The summed E-state index contributed by atoms with van der Waals surface area (Å²) in [7, 11) is 0. The highest BCUT2D eigenvalue weighted by Gasteiger charge is 2.60. The van der Waals surface area contributed by atoms with E-state index in [1.165, 1.54) is 4.88 Å². The number of carbonyl (C=O) groups excluding carboxylic acids is 2. The molecule has 2 atom stereocenters. The average Bonchev–Trinajstić information content (AvgIpc) is 2.92. The number of thiophene rings is 1. The number of rotatable bonds is 5. The lowest BCUT2D eigenvalue weighted by Crippen LogP contribution is -2.26. The van der Waals surface area contributed by atoms with Gasteiger partial charge in [0.05, 0.1) is 11.5 Å². The molecule has 142 valence electrons. The van der Waals surface area contributed by atoms with Crippen molar-refractivity contribution in [3.8, 4) is 0 Å². The number of amides is 2. The van der Waals surface area contributed by atoms with Gasteiger partial charge in [-0.25, -0.2) is 0 Å². The van der Waals surface area contributed by atoms with E-state index in [1.807, 2.05) is 20.8 Å². The number of halogens is 2. The number of carbonyl (C=O) groups is 2. The molecule has 1 aromatic heterocycles. The summed E-state index contributed by atoms with van der Waals surface area (Å²) in [6, 6.07) is 0. The van der Waals surface area contributed by atoms with Crippen LogP contribution in [-0.2, 0) is 17.6 Å². The maximum absolute atomic E-state index is 12.9. The second-order valence-corrected chi connectivity index (χ2v) is 9.66. The highest BCUT2D eigenvalue weighted by molar-refractivity contribution is 7.17. The van der Waals surface area contributed by atoms with E-state index >= 15 is 0 Å². The maximum atomic E-state index is 12.9. The first kappa shape index (κ1) is 19.7. The van der Waals surface area contributed by atoms with Crippen LogP contribution >= 0.6 is 34.5 Å². The molecule has 0 aromatic carbocycles. The number of allylic oxidation sites excluding steroid dienone is 1. The Kier molecular flexibility index (Phi) is 5.71. The third-order valence-corrected chi connectivity index (χ3v) is 6.93. The number of aryl methyl sites for hydroxylation is 1. The summed E-state index contributed by atoms with van der Waals surface area (Å²) in [6.45, 7) is 6.51. The Bertz CT molecular complexity index is 766. The van der Waals surface area contributed by atoms with Crippen molar-refractivity contribution in [1.82, 2.24) is 5.32 Å². The van der Waals surface area contributed by atoms with Crippen molar-refractivity contribution in [2.45, 2.75) is 46.5 Å². The molecule has 2 amide bonds. The van der Waals surface area contributed by atoms with E-state index in [0.29, 0.717) is 17.1 Å². The lowest BCUT2D eigenvalue weighted by Gasteiger charge is -2.13. The quantitative estimate of drug-likeness (QED) is 0.718. The van der Waals surface area contributed by atoms with Crippen LogP contribution in [0.4, 0.5) is 5.00 Å². The van der Waals surface area contributed by atoms with Crippen LogP contribution in [0.2, 0.25) is 0 Å². The minimum Gasteiger partial charge on any atom is -0.352 e. The molecule has 4 nitrogen and oxygen atoms in total. The molecule has 0 bridgehead atoms. The highest BCUT2D eigenvalue weighted by Crippen LogP contribution is 2.60. The van der Waals surface area contributed by atoms with Crippen molar-refractivity contribution < 1.29 is 9.59 Å². The van der Waals surface area contributed by atoms with E-state index in [1.54, 1.807) is 17.4 Å². The topological polar surface area (TPSA) is 58.2 Å². The third-order valence-electron chi connectivity index (χ3n) is 5.47. The molecule has 0 radical (unpaired) electrons. The molecule has 0 aliphatic heterocycles. The Labute approximate surface area is 168 Å². The van der Waals surface area contributed by atoms with Crippen LogP contribution in [0, 0.1) is 17.3 Å². The first-order chi connectivity index (χ1) is 12.3. The van der Waals surface area contributed by atoms with Crippen LogP contribution in [0.1, 0.15) is 54.4 Å². The van der Waals surface area contributed by atoms with Gasteiger partial charge in [-0.2, -0.15) is 0 Å². The summed E-state index contributed by atoms with van der Waals surface area (Å²) >= 11 is 13.1. The van der Waals surface area contributed by atoms with E-state index in [0.717, 1.165) is 31.2 Å². The number of fused-ring (bicyclic) bond motifs is 1. The molecule has 1 aromatic rings. The summed E-state index contributed by atoms with van der Waals surface area (Å²) in [4.78, 5) is 26.7. The number of nitrogens with one attached hydrogen (secondary N) is 2. The lowest BCUT2D eigenvalue weighted by molar-refractivity contribution is -0.118. The molecule has 3 rings (SSSR count). The highest BCUT2D eigenvalue weighted by atomic mass is 35.5. The van der Waals surface area contributed by atoms with Crippen molar-refractivity contribution in [3.63, 3.8) is 0 Å². The van der Waals surface area contributed by atoms with Crippen molar-refractivity contribution in [2.75, 3.05) is 11.9 Å². The normalized spacial score (nSPS) is 23.0. The van der Waals surface area contributed by atoms with Crippen molar-refractivity contribution in [2.24, 2.45) is 17.3 Å². The summed E-state index contributed by atoms with van der Waals surface area (Å²) in [6.07, 6.45) is 5.82. The molecule has 0 saturated heterocycles. The predicted octanol–water partition coefficient (Wildman–Crippen LogP) is 4.91. The third kappa shape index (κ3) is 3.67. The number of hydrogen-bond donors (Lipinski definition) is 2. The summed E-state index contributed by atoms with van der Waals surface area (Å²) < 4.78 is 0.188. The van der Waals surface area contributed by atoms with Gasteiger partial charge in [0.2, 0.25) is 5.91 Å². The molecule has 26 heavy (non-hydrogen) atoms. The Morgan fingerprint density at radius 2 is 1.96 bits per heavy atom. The van der Waals surface area contributed by atoms with Crippen molar-refractivity contribution in [1.29, 1.82) is 0 Å². The standard InChI is InChI=1S/C19H24Cl2N2O2S/c1-4-22-16(24)14-10-7-5-6-8-12(10)26-18(14)23-17(25)15-11(9-13(20)21)19(15,2)3/h9,11,15H,4-8H2,1-3H3,(H,22,24)(H,23,25)/t11-,15+/m0/s1. The molecule has 1 heterocycles. The Morgan fingerprint density at radius 3 is 2.62 bits per heavy atom. The molecule has 2 N–H and O–H groups in total. The SMILES string of the molecule is CCNC(=O)c1c(NC(=O)[C@H]2[C@H](C=C(Cl)Cl)C2(C)C)sc2c1CCCC2. The van der Waals surface area contributed by atoms with Gasteiger partial charge in [-0.1, -0.05) is 37.0 Å². The van der Waals surface area contributed by atoms with Gasteiger partial charge >= 0.3 is 0 Å². The monoisotopic (exact) mass is 414 g/mol. The van der Waals surface area contributed by atoms with E-state index in [-0.39, 0.29) is 33.6 Å². The van der Waals surface area contributed by atoms with Crippen molar-refractivity contribution in [3.05, 3.63) is 26.6 Å². The van der Waals surface area contributed by atoms with Crippen LogP contribution in [0.3, 0.4) is 0 Å². The zero-order chi connectivity index (χ0) is 19.1. The van der Waals surface area contributed by atoms with Gasteiger partial charge in [-0.15, -0.1) is 11.3 Å². The Morgan fingerprint density at radius 1 is 1.27 bits per heavy atom. The van der Waals surface area contributed by atoms with Gasteiger partial charge in [0.1, 0.15) is 9.49 Å². The smallest absolute Gasteiger partial charge is 0.254 e. The molecular weight excluding hydrogens is 391 g/mol.